The maximum absolute atomic E-state index is 14.1. The first-order valence-electron chi connectivity index (χ1n) is 8.28. The molecule has 0 saturated carbocycles. The van der Waals surface area contributed by atoms with Crippen molar-refractivity contribution < 1.29 is 12.8 Å². The van der Waals surface area contributed by atoms with Gasteiger partial charge >= 0.3 is 0 Å². The van der Waals surface area contributed by atoms with E-state index >= 15 is 0 Å². The molecule has 0 fully saturated rings. The molecule has 0 radical (unpaired) electrons. The summed E-state index contributed by atoms with van der Waals surface area (Å²) in [6, 6.07) is 13.3. The monoisotopic (exact) mass is 371 g/mol. The predicted octanol–water partition coefficient (Wildman–Crippen LogP) is 2.90. The molecule has 0 aliphatic carbocycles. The predicted molar refractivity (Wildman–Crippen MR) is 95.5 cm³/mol. The molecule has 0 saturated heterocycles. The first-order chi connectivity index (χ1) is 12.5. The van der Waals surface area contributed by atoms with Crippen LogP contribution in [0.25, 0.3) is 0 Å². The number of hydrogen-bond donors (Lipinski definition) is 0. The summed E-state index contributed by atoms with van der Waals surface area (Å²) in [6.07, 6.45) is 3.64. The quantitative estimate of drug-likeness (QED) is 0.711. The van der Waals surface area contributed by atoms with Crippen LogP contribution in [-0.2, 0) is 23.6 Å². The minimum absolute atomic E-state index is 0.143. The fourth-order valence-electron chi connectivity index (χ4n) is 3.46. The molecule has 1 aliphatic heterocycles. The third-order valence-corrected chi connectivity index (χ3v) is 6.59. The van der Waals surface area contributed by atoms with Gasteiger partial charge in [-0.1, -0.05) is 36.4 Å². The lowest BCUT2D eigenvalue weighted by Crippen LogP contribution is -2.38. The molecule has 1 unspecified atom stereocenters. The van der Waals surface area contributed by atoms with Crippen molar-refractivity contribution in [1.82, 2.24) is 14.1 Å². The van der Waals surface area contributed by atoms with E-state index in [0.717, 1.165) is 16.7 Å². The summed E-state index contributed by atoms with van der Waals surface area (Å²) < 4.78 is 43.3. The van der Waals surface area contributed by atoms with E-state index in [1.807, 2.05) is 37.5 Å². The van der Waals surface area contributed by atoms with E-state index < -0.39 is 15.8 Å². The summed E-state index contributed by atoms with van der Waals surface area (Å²) in [5.74, 6) is -0.875. The van der Waals surface area contributed by atoms with Crippen LogP contribution in [-0.4, -0.2) is 29.0 Å². The third-order valence-electron chi connectivity index (χ3n) is 4.75. The summed E-state index contributed by atoms with van der Waals surface area (Å²) in [4.78, 5) is -0.288. The molecule has 0 bridgehead atoms. The van der Waals surface area contributed by atoms with Crippen LogP contribution < -0.4 is 0 Å². The minimum Gasteiger partial charge on any atom is -0.276 e. The fraction of sp³-hybridized carbons (Fsp3) is 0.211. The minimum atomic E-state index is -3.94. The number of nitrogens with zero attached hydrogens (tertiary/aromatic N) is 3. The maximum atomic E-state index is 14.1. The van der Waals surface area contributed by atoms with Gasteiger partial charge in [-0.2, -0.15) is 9.40 Å². The second kappa shape index (κ2) is 6.34. The number of rotatable bonds is 3. The molecular formula is C19H18FN3O2S. The van der Waals surface area contributed by atoms with Gasteiger partial charge in [0.05, 0.1) is 6.20 Å². The summed E-state index contributed by atoms with van der Waals surface area (Å²) in [6.45, 7) is 0.475. The van der Waals surface area contributed by atoms with E-state index in [-0.39, 0.29) is 23.9 Å². The highest BCUT2D eigenvalue weighted by molar-refractivity contribution is 7.89. The van der Waals surface area contributed by atoms with E-state index in [0.29, 0.717) is 0 Å². The molecule has 0 amide bonds. The summed E-state index contributed by atoms with van der Waals surface area (Å²) >= 11 is 0. The third kappa shape index (κ3) is 2.83. The van der Waals surface area contributed by atoms with Crippen LogP contribution in [0, 0.1) is 5.82 Å². The topological polar surface area (TPSA) is 55.2 Å². The Morgan fingerprint density at radius 3 is 2.58 bits per heavy atom. The van der Waals surface area contributed by atoms with Gasteiger partial charge in [0.15, 0.2) is 0 Å². The molecule has 134 valence electrons. The number of benzene rings is 2. The molecule has 0 N–H and O–H groups in total. The van der Waals surface area contributed by atoms with Gasteiger partial charge in [-0.3, -0.25) is 4.68 Å². The lowest BCUT2D eigenvalue weighted by atomic mass is 9.87. The number of aryl methyl sites for hydroxylation is 1. The normalized spacial score (nSPS) is 17.8. The standard InChI is InChI=1S/C19H18FN3O2S/c1-22-11-15(10-21-22)17-13-23(12-14-6-2-3-7-16(14)17)26(24,25)19-9-5-4-8-18(19)20/h2-11,17H,12-13H2,1H3. The molecule has 5 nitrogen and oxygen atoms in total. The number of aromatic nitrogens is 2. The van der Waals surface area contributed by atoms with Crippen molar-refractivity contribution in [3.8, 4) is 0 Å². The molecule has 0 spiro atoms. The van der Waals surface area contributed by atoms with Crippen molar-refractivity contribution in [2.24, 2.45) is 7.05 Å². The molecule has 1 aromatic heterocycles. The Labute approximate surface area is 151 Å². The molecule has 26 heavy (non-hydrogen) atoms. The number of hydrogen-bond acceptors (Lipinski definition) is 3. The number of fused-ring (bicyclic) bond motifs is 1. The van der Waals surface area contributed by atoms with E-state index in [1.54, 1.807) is 10.9 Å². The zero-order valence-electron chi connectivity index (χ0n) is 14.2. The fourth-order valence-corrected chi connectivity index (χ4v) is 4.95. The second-order valence-corrected chi connectivity index (χ2v) is 8.33. The van der Waals surface area contributed by atoms with Gasteiger partial charge in [-0.15, -0.1) is 0 Å². The Hall–Kier alpha value is -2.51. The Balaban J connectivity index is 1.79. The molecule has 3 aromatic rings. The van der Waals surface area contributed by atoms with Gasteiger partial charge in [-0.05, 0) is 28.8 Å². The molecular weight excluding hydrogens is 353 g/mol. The highest BCUT2D eigenvalue weighted by Crippen LogP contribution is 2.36. The van der Waals surface area contributed by atoms with Crippen LogP contribution in [0.4, 0.5) is 4.39 Å². The summed E-state index contributed by atoms with van der Waals surface area (Å²) in [5.41, 5.74) is 2.95. The number of sulfonamides is 1. The molecule has 1 aliphatic rings. The summed E-state index contributed by atoms with van der Waals surface area (Å²) in [7, 11) is -2.11. The lowest BCUT2D eigenvalue weighted by Gasteiger charge is -2.33. The van der Waals surface area contributed by atoms with Crippen LogP contribution in [0.1, 0.15) is 22.6 Å². The van der Waals surface area contributed by atoms with Crippen molar-refractivity contribution in [3.63, 3.8) is 0 Å². The molecule has 7 heteroatoms. The molecule has 4 rings (SSSR count). The van der Waals surface area contributed by atoms with E-state index in [2.05, 4.69) is 5.10 Å². The van der Waals surface area contributed by atoms with Crippen LogP contribution >= 0.6 is 0 Å². The maximum Gasteiger partial charge on any atom is 0.246 e. The molecule has 2 heterocycles. The van der Waals surface area contributed by atoms with Crippen molar-refractivity contribution in [1.29, 1.82) is 0 Å². The van der Waals surface area contributed by atoms with Crippen LogP contribution in [0.15, 0.2) is 65.8 Å². The van der Waals surface area contributed by atoms with Gasteiger partial charge in [0.25, 0.3) is 0 Å². The van der Waals surface area contributed by atoms with Crippen LogP contribution in [0.2, 0.25) is 0 Å². The van der Waals surface area contributed by atoms with Gasteiger partial charge in [-0.25, -0.2) is 12.8 Å². The van der Waals surface area contributed by atoms with E-state index in [9.17, 15) is 12.8 Å². The highest BCUT2D eigenvalue weighted by Gasteiger charge is 2.35. The smallest absolute Gasteiger partial charge is 0.246 e. The lowest BCUT2D eigenvalue weighted by molar-refractivity contribution is 0.369. The Bertz CT molecular complexity index is 1060. The Morgan fingerprint density at radius 1 is 1.12 bits per heavy atom. The first kappa shape index (κ1) is 16.9. The number of halogens is 1. The van der Waals surface area contributed by atoms with Crippen LogP contribution in [0.5, 0.6) is 0 Å². The highest BCUT2D eigenvalue weighted by atomic mass is 32.2. The second-order valence-electron chi connectivity index (χ2n) is 6.43. The Kier molecular flexibility index (Phi) is 4.13. The summed E-state index contributed by atoms with van der Waals surface area (Å²) in [5, 5.41) is 4.21. The van der Waals surface area contributed by atoms with E-state index in [4.69, 9.17) is 0 Å². The molecule has 2 aromatic carbocycles. The average Bonchev–Trinajstić information content (AvgIpc) is 3.07. The van der Waals surface area contributed by atoms with Crippen LogP contribution in [0.3, 0.4) is 0 Å². The van der Waals surface area contributed by atoms with Crippen molar-refractivity contribution >= 4 is 10.0 Å². The van der Waals surface area contributed by atoms with Crippen molar-refractivity contribution in [2.75, 3.05) is 6.54 Å². The largest absolute Gasteiger partial charge is 0.276 e. The molecule has 1 atom stereocenters. The van der Waals surface area contributed by atoms with Crippen molar-refractivity contribution in [3.05, 3.63) is 83.4 Å². The van der Waals surface area contributed by atoms with Gasteiger partial charge < -0.3 is 0 Å². The van der Waals surface area contributed by atoms with Crippen molar-refractivity contribution in [2.45, 2.75) is 17.4 Å². The van der Waals surface area contributed by atoms with E-state index in [1.165, 1.54) is 28.6 Å². The van der Waals surface area contributed by atoms with Gasteiger partial charge in [0.1, 0.15) is 10.7 Å². The zero-order valence-corrected chi connectivity index (χ0v) is 15.0. The average molecular weight is 371 g/mol. The zero-order chi connectivity index (χ0) is 18.3. The SMILES string of the molecule is Cn1cc(C2CN(S(=O)(=O)c3ccccc3F)Cc3ccccc32)cn1. The Morgan fingerprint density at radius 2 is 1.85 bits per heavy atom. The first-order valence-corrected chi connectivity index (χ1v) is 9.72. The van der Waals surface area contributed by atoms with Gasteiger partial charge in [0, 0.05) is 32.3 Å². The van der Waals surface area contributed by atoms with Gasteiger partial charge in [0.2, 0.25) is 10.0 Å².